The lowest BCUT2D eigenvalue weighted by Crippen LogP contribution is -2.50. The largest absolute Gasteiger partial charge is 0.488 e. The summed E-state index contributed by atoms with van der Waals surface area (Å²) in [5.41, 5.74) is 1.14. The summed E-state index contributed by atoms with van der Waals surface area (Å²) >= 11 is 0. The van der Waals surface area contributed by atoms with Gasteiger partial charge in [0.25, 0.3) is 11.8 Å². The Morgan fingerprint density at radius 1 is 0.972 bits per heavy atom. The minimum atomic E-state index is -1.86. The molecule has 3 aromatic rings. The van der Waals surface area contributed by atoms with Gasteiger partial charge in [0.2, 0.25) is 5.91 Å². The van der Waals surface area contributed by atoms with Gasteiger partial charge in [-0.15, -0.1) is 0 Å². The first kappa shape index (κ1) is 25.3. The zero-order valence-electron chi connectivity index (χ0n) is 20.0. The molecule has 0 saturated heterocycles. The molecule has 1 aliphatic rings. The first-order chi connectivity index (χ1) is 17.4. The third kappa shape index (κ3) is 5.89. The van der Waals surface area contributed by atoms with Crippen molar-refractivity contribution in [1.29, 1.82) is 0 Å². The lowest BCUT2D eigenvalue weighted by molar-refractivity contribution is -0.124. The van der Waals surface area contributed by atoms with Gasteiger partial charge >= 0.3 is 7.12 Å². The number of rotatable bonds is 7. The van der Waals surface area contributed by atoms with E-state index in [1.165, 1.54) is 25.2 Å². The normalized spacial score (nSPS) is 14.6. The average Bonchev–Trinajstić information content (AvgIpc) is 2.91. The maximum atomic E-state index is 13.2. The Kier molecular flexibility index (Phi) is 7.97. The van der Waals surface area contributed by atoms with Crippen LogP contribution in [0.5, 0.6) is 0 Å². The van der Waals surface area contributed by atoms with Crippen LogP contribution >= 0.6 is 0 Å². The first-order valence-corrected chi connectivity index (χ1v) is 12.1. The third-order valence-corrected chi connectivity index (χ3v) is 6.54. The molecule has 0 spiro atoms. The highest BCUT2D eigenvalue weighted by atomic mass is 16.4. The van der Waals surface area contributed by atoms with E-state index in [0.29, 0.717) is 5.52 Å². The zero-order valence-corrected chi connectivity index (χ0v) is 20.0. The molecule has 1 fully saturated rings. The summed E-state index contributed by atoms with van der Waals surface area (Å²) in [4.78, 5) is 43.0. The standard InChI is InChI=1S/C26H29BN4O5/c1-28-26(34)23(17-8-3-2-4-9-17)31-24(32)18-13-19(27(35)36)15-20(14-18)29-25(33)22-12-11-16-7-5-6-10-21(16)30-22/h5-7,10-15,17,23,35-36H,2-4,8-9H2,1H3,(H,28,34)(H,29,33)(H,31,32)/t23-/m0/s1. The van der Waals surface area contributed by atoms with Crippen LogP contribution in [0, 0.1) is 5.92 Å². The highest BCUT2D eigenvalue weighted by Gasteiger charge is 2.31. The number of fused-ring (bicyclic) bond motifs is 1. The van der Waals surface area contributed by atoms with Gasteiger partial charge in [0.1, 0.15) is 11.7 Å². The number of carbonyl (C=O) groups excluding carboxylic acids is 3. The van der Waals surface area contributed by atoms with Crippen molar-refractivity contribution in [3.63, 3.8) is 0 Å². The van der Waals surface area contributed by atoms with Crippen molar-refractivity contribution in [3.8, 4) is 0 Å². The summed E-state index contributed by atoms with van der Waals surface area (Å²) in [6.45, 7) is 0. The Hall–Kier alpha value is -3.76. The first-order valence-electron chi connectivity index (χ1n) is 12.1. The second-order valence-electron chi connectivity index (χ2n) is 9.02. The van der Waals surface area contributed by atoms with Crippen LogP contribution in [0.3, 0.4) is 0 Å². The number of para-hydroxylation sites is 1. The van der Waals surface area contributed by atoms with Gasteiger partial charge in [-0.1, -0.05) is 43.5 Å². The van der Waals surface area contributed by atoms with Crippen LogP contribution in [0.15, 0.2) is 54.6 Å². The number of pyridine rings is 1. The fourth-order valence-corrected chi connectivity index (χ4v) is 4.64. The number of anilines is 1. The Morgan fingerprint density at radius 3 is 2.44 bits per heavy atom. The van der Waals surface area contributed by atoms with Gasteiger partial charge in [0, 0.05) is 23.7 Å². The molecule has 0 bridgehead atoms. The smallest absolute Gasteiger partial charge is 0.423 e. The second kappa shape index (κ2) is 11.3. The van der Waals surface area contributed by atoms with Gasteiger partial charge in [-0.2, -0.15) is 0 Å². The molecule has 1 aliphatic carbocycles. The molecule has 1 aromatic heterocycles. The van der Waals surface area contributed by atoms with Crippen LogP contribution in [0.4, 0.5) is 5.69 Å². The van der Waals surface area contributed by atoms with E-state index in [4.69, 9.17) is 0 Å². The van der Waals surface area contributed by atoms with E-state index in [1.807, 2.05) is 18.2 Å². The summed E-state index contributed by atoms with van der Waals surface area (Å²) in [6.07, 6.45) is 4.79. The van der Waals surface area contributed by atoms with Crippen LogP contribution in [0.1, 0.15) is 53.0 Å². The molecule has 1 atom stereocenters. The molecular formula is C26H29BN4O5. The monoisotopic (exact) mass is 488 g/mol. The van der Waals surface area contributed by atoms with Crippen LogP contribution in [0.2, 0.25) is 0 Å². The van der Waals surface area contributed by atoms with Crippen molar-refractivity contribution >= 4 is 46.9 Å². The number of nitrogens with one attached hydrogen (secondary N) is 3. The van der Waals surface area contributed by atoms with Gasteiger partial charge in [0.05, 0.1) is 5.52 Å². The van der Waals surface area contributed by atoms with Crippen LogP contribution in [0.25, 0.3) is 10.9 Å². The third-order valence-electron chi connectivity index (χ3n) is 6.54. The minimum absolute atomic E-state index is 0.0208. The fraction of sp³-hybridized carbons (Fsp3) is 0.308. The molecular weight excluding hydrogens is 459 g/mol. The number of hydrogen-bond acceptors (Lipinski definition) is 6. The van der Waals surface area contributed by atoms with Crippen LogP contribution in [-0.2, 0) is 4.79 Å². The summed E-state index contributed by atoms with van der Waals surface area (Å²) in [5.74, 6) is -1.31. The number of likely N-dealkylation sites (N-methyl/N-ethyl adjacent to an activating group) is 1. The van der Waals surface area contributed by atoms with Crippen LogP contribution in [-0.4, -0.2) is 53.0 Å². The number of hydrogen-bond donors (Lipinski definition) is 5. The van der Waals surface area contributed by atoms with Gasteiger partial charge in [-0.05, 0) is 54.6 Å². The fourth-order valence-electron chi connectivity index (χ4n) is 4.64. The Bertz CT molecular complexity index is 1280. The highest BCUT2D eigenvalue weighted by Crippen LogP contribution is 2.27. The van der Waals surface area contributed by atoms with Gasteiger partial charge in [0.15, 0.2) is 0 Å². The van der Waals surface area contributed by atoms with E-state index in [2.05, 4.69) is 20.9 Å². The van der Waals surface area contributed by atoms with Crippen molar-refractivity contribution in [3.05, 3.63) is 65.9 Å². The molecule has 0 unspecified atom stereocenters. The quantitative estimate of drug-likeness (QED) is 0.320. The molecule has 5 N–H and O–H groups in total. The molecule has 186 valence electrons. The Morgan fingerprint density at radius 2 is 1.72 bits per heavy atom. The second-order valence-corrected chi connectivity index (χ2v) is 9.02. The number of nitrogens with zero attached hydrogens (tertiary/aromatic N) is 1. The molecule has 2 aromatic carbocycles. The predicted molar refractivity (Wildman–Crippen MR) is 138 cm³/mol. The molecule has 4 rings (SSSR count). The Labute approximate surface area is 209 Å². The van der Waals surface area contributed by atoms with Crippen molar-refractivity contribution in [1.82, 2.24) is 15.6 Å². The molecule has 9 nitrogen and oxygen atoms in total. The molecule has 36 heavy (non-hydrogen) atoms. The summed E-state index contributed by atoms with van der Waals surface area (Å²) < 4.78 is 0. The van der Waals surface area contributed by atoms with Crippen molar-refractivity contribution < 1.29 is 24.4 Å². The Balaban J connectivity index is 1.57. The number of benzene rings is 2. The highest BCUT2D eigenvalue weighted by molar-refractivity contribution is 6.58. The van der Waals surface area contributed by atoms with Crippen molar-refractivity contribution in [2.45, 2.75) is 38.1 Å². The van der Waals surface area contributed by atoms with Gasteiger partial charge in [-0.25, -0.2) is 4.98 Å². The lowest BCUT2D eigenvalue weighted by Gasteiger charge is -2.29. The molecule has 0 radical (unpaired) electrons. The van der Waals surface area contributed by atoms with Crippen LogP contribution < -0.4 is 21.4 Å². The SMILES string of the molecule is CNC(=O)[C@@H](NC(=O)c1cc(NC(=O)c2ccc3ccccc3n2)cc(B(O)O)c1)C1CCCCC1. The number of carbonyl (C=O) groups is 3. The predicted octanol–water partition coefficient (Wildman–Crippen LogP) is 1.59. The summed E-state index contributed by atoms with van der Waals surface area (Å²) in [5, 5.41) is 28.5. The molecule has 0 aliphatic heterocycles. The lowest BCUT2D eigenvalue weighted by atomic mass is 9.79. The molecule has 10 heteroatoms. The average molecular weight is 488 g/mol. The molecule has 3 amide bonds. The zero-order chi connectivity index (χ0) is 25.7. The summed E-state index contributed by atoms with van der Waals surface area (Å²) in [6, 6.07) is 14.2. The number of aromatic nitrogens is 1. The van der Waals surface area contributed by atoms with E-state index in [9.17, 15) is 24.4 Å². The summed E-state index contributed by atoms with van der Waals surface area (Å²) in [7, 11) is -0.332. The van der Waals surface area contributed by atoms with E-state index >= 15 is 0 Å². The maximum absolute atomic E-state index is 13.2. The van der Waals surface area contributed by atoms with E-state index in [1.54, 1.807) is 18.2 Å². The van der Waals surface area contributed by atoms with E-state index in [0.717, 1.165) is 37.5 Å². The van der Waals surface area contributed by atoms with Crippen molar-refractivity contribution in [2.75, 3.05) is 12.4 Å². The van der Waals surface area contributed by atoms with E-state index in [-0.39, 0.29) is 34.2 Å². The number of amides is 3. The minimum Gasteiger partial charge on any atom is -0.423 e. The molecule has 1 saturated carbocycles. The van der Waals surface area contributed by atoms with E-state index < -0.39 is 25.0 Å². The van der Waals surface area contributed by atoms with Gasteiger partial charge < -0.3 is 26.0 Å². The molecule has 1 heterocycles. The van der Waals surface area contributed by atoms with Gasteiger partial charge in [-0.3, -0.25) is 14.4 Å². The maximum Gasteiger partial charge on any atom is 0.488 e. The van der Waals surface area contributed by atoms with Crippen molar-refractivity contribution in [2.24, 2.45) is 5.92 Å². The topological polar surface area (TPSA) is 141 Å².